The van der Waals surface area contributed by atoms with Crippen molar-refractivity contribution in [2.24, 2.45) is 0 Å². The Morgan fingerprint density at radius 1 is 1.07 bits per heavy atom. The van der Waals surface area contributed by atoms with Crippen molar-refractivity contribution in [3.63, 3.8) is 0 Å². The molecule has 3 heterocycles. The van der Waals surface area contributed by atoms with Gasteiger partial charge in [0.15, 0.2) is 34.7 Å². The van der Waals surface area contributed by atoms with E-state index in [0.717, 1.165) is 0 Å². The van der Waals surface area contributed by atoms with Crippen LogP contribution in [0.4, 0.5) is 5.82 Å². The highest BCUT2D eigenvalue weighted by molar-refractivity contribution is 5.82. The maximum atomic E-state index is 10.2. The van der Waals surface area contributed by atoms with E-state index in [1.165, 1.54) is 29.4 Å². The molecule has 0 amide bonds. The standard InChI is InChI=1S/C17H19N5O6/c23-5-11-13(26)14(27)17(28-11)22-7-21-12-15(19-6-20-16(12)22)18-4-8-1-2-9(24)10(25)3-8/h1-3,6-7,11,13-14,17,23-27H,4-5H2,(H,18,19,20)/t11-,13?,14+,17-/m1/s1. The third-order valence-corrected chi connectivity index (χ3v) is 4.65. The topological polar surface area (TPSA) is 166 Å². The molecule has 0 radical (unpaired) electrons. The first kappa shape index (κ1) is 18.4. The number of phenolic OH excluding ortho intramolecular Hbond substituents is 2. The summed E-state index contributed by atoms with van der Waals surface area (Å²) in [6.45, 7) is -0.122. The number of imidazole rings is 1. The zero-order chi connectivity index (χ0) is 19.8. The molecule has 11 nitrogen and oxygen atoms in total. The molecule has 0 bridgehead atoms. The van der Waals surface area contributed by atoms with Gasteiger partial charge in [0.2, 0.25) is 0 Å². The number of anilines is 1. The van der Waals surface area contributed by atoms with Gasteiger partial charge in [0.1, 0.15) is 24.6 Å². The van der Waals surface area contributed by atoms with Gasteiger partial charge in [-0.3, -0.25) is 4.57 Å². The number of hydrogen-bond acceptors (Lipinski definition) is 10. The molecule has 0 aliphatic carbocycles. The number of aromatic nitrogens is 4. The predicted molar refractivity (Wildman–Crippen MR) is 95.4 cm³/mol. The maximum absolute atomic E-state index is 10.2. The Balaban J connectivity index is 1.59. The van der Waals surface area contributed by atoms with Crippen molar-refractivity contribution in [1.29, 1.82) is 0 Å². The van der Waals surface area contributed by atoms with Crippen molar-refractivity contribution in [3.05, 3.63) is 36.4 Å². The van der Waals surface area contributed by atoms with Gasteiger partial charge in [-0.1, -0.05) is 6.07 Å². The second-order valence-electron chi connectivity index (χ2n) is 6.45. The van der Waals surface area contributed by atoms with Crippen LogP contribution in [0.1, 0.15) is 11.8 Å². The molecule has 1 aliphatic rings. The molecule has 1 saturated heterocycles. The summed E-state index contributed by atoms with van der Waals surface area (Å²) in [5, 5.41) is 51.5. The smallest absolute Gasteiger partial charge is 0.167 e. The van der Waals surface area contributed by atoms with E-state index in [1.807, 2.05) is 0 Å². The predicted octanol–water partition coefficient (Wildman–Crippen LogP) is -0.539. The molecule has 1 aromatic carbocycles. The Morgan fingerprint density at radius 3 is 2.61 bits per heavy atom. The van der Waals surface area contributed by atoms with Crippen LogP contribution in [0.15, 0.2) is 30.9 Å². The molecule has 1 unspecified atom stereocenters. The molecule has 11 heteroatoms. The lowest BCUT2D eigenvalue weighted by Crippen LogP contribution is -2.33. The highest BCUT2D eigenvalue weighted by atomic mass is 16.6. The van der Waals surface area contributed by atoms with E-state index < -0.39 is 31.1 Å². The molecule has 4 atom stereocenters. The zero-order valence-corrected chi connectivity index (χ0v) is 14.5. The van der Waals surface area contributed by atoms with Crippen LogP contribution >= 0.6 is 0 Å². The first-order valence-electron chi connectivity index (χ1n) is 8.54. The number of fused-ring (bicyclic) bond motifs is 1. The summed E-state index contributed by atoms with van der Waals surface area (Å²) in [4.78, 5) is 12.6. The Morgan fingerprint density at radius 2 is 1.89 bits per heavy atom. The monoisotopic (exact) mass is 389 g/mol. The van der Waals surface area contributed by atoms with E-state index >= 15 is 0 Å². The highest BCUT2D eigenvalue weighted by Gasteiger charge is 2.44. The number of ether oxygens (including phenoxy) is 1. The minimum absolute atomic E-state index is 0.203. The molecule has 0 spiro atoms. The summed E-state index contributed by atoms with van der Waals surface area (Å²) < 4.78 is 6.99. The molecule has 148 valence electrons. The van der Waals surface area contributed by atoms with Crippen LogP contribution in [0, 0.1) is 0 Å². The van der Waals surface area contributed by atoms with E-state index in [4.69, 9.17) is 4.74 Å². The van der Waals surface area contributed by atoms with Crippen LogP contribution in [0.5, 0.6) is 11.5 Å². The molecule has 3 aromatic rings. The van der Waals surface area contributed by atoms with Crippen molar-refractivity contribution in [3.8, 4) is 11.5 Å². The number of aliphatic hydroxyl groups is 3. The lowest BCUT2D eigenvalue weighted by atomic mass is 10.1. The minimum Gasteiger partial charge on any atom is -0.504 e. The quantitative estimate of drug-likeness (QED) is 0.312. The van der Waals surface area contributed by atoms with Crippen LogP contribution < -0.4 is 5.32 Å². The molecular weight excluding hydrogens is 370 g/mol. The van der Waals surface area contributed by atoms with Gasteiger partial charge in [-0.25, -0.2) is 15.0 Å². The average molecular weight is 389 g/mol. The van der Waals surface area contributed by atoms with Gasteiger partial charge in [0, 0.05) is 6.54 Å². The number of hydrogen-bond donors (Lipinski definition) is 6. The summed E-state index contributed by atoms with van der Waals surface area (Å²) >= 11 is 0. The number of aromatic hydroxyl groups is 2. The summed E-state index contributed by atoms with van der Waals surface area (Å²) in [6.07, 6.45) is -1.60. The van der Waals surface area contributed by atoms with E-state index in [0.29, 0.717) is 29.1 Å². The highest BCUT2D eigenvalue weighted by Crippen LogP contribution is 2.32. The van der Waals surface area contributed by atoms with E-state index in [1.54, 1.807) is 6.07 Å². The minimum atomic E-state index is -1.25. The van der Waals surface area contributed by atoms with Gasteiger partial charge in [-0.05, 0) is 17.7 Å². The van der Waals surface area contributed by atoms with Crippen molar-refractivity contribution in [2.75, 3.05) is 11.9 Å². The Bertz CT molecular complexity index is 995. The van der Waals surface area contributed by atoms with Crippen LogP contribution in [0.3, 0.4) is 0 Å². The zero-order valence-electron chi connectivity index (χ0n) is 14.5. The number of rotatable bonds is 5. The van der Waals surface area contributed by atoms with Gasteiger partial charge in [-0.2, -0.15) is 0 Å². The summed E-state index contributed by atoms with van der Waals surface area (Å²) in [5.41, 5.74) is 1.51. The fraction of sp³-hybridized carbons (Fsp3) is 0.353. The molecule has 28 heavy (non-hydrogen) atoms. The lowest BCUT2D eigenvalue weighted by molar-refractivity contribution is -0.0511. The van der Waals surface area contributed by atoms with Crippen LogP contribution in [-0.4, -0.2) is 70.0 Å². The number of phenols is 2. The second kappa shape index (κ2) is 7.20. The van der Waals surface area contributed by atoms with E-state index in [-0.39, 0.29) is 11.5 Å². The lowest BCUT2D eigenvalue weighted by Gasteiger charge is -2.16. The molecule has 1 aliphatic heterocycles. The molecule has 4 rings (SSSR count). The van der Waals surface area contributed by atoms with Crippen LogP contribution in [0.2, 0.25) is 0 Å². The summed E-state index contributed by atoms with van der Waals surface area (Å²) in [7, 11) is 0. The molecule has 1 fully saturated rings. The van der Waals surface area contributed by atoms with Crippen LogP contribution in [-0.2, 0) is 11.3 Å². The molecule has 2 aromatic heterocycles. The average Bonchev–Trinajstić information content (AvgIpc) is 3.24. The van der Waals surface area contributed by atoms with Gasteiger partial charge >= 0.3 is 0 Å². The maximum Gasteiger partial charge on any atom is 0.167 e. The third-order valence-electron chi connectivity index (χ3n) is 4.65. The first-order chi connectivity index (χ1) is 13.5. The van der Waals surface area contributed by atoms with Gasteiger partial charge < -0.3 is 35.6 Å². The second-order valence-corrected chi connectivity index (χ2v) is 6.45. The first-order valence-corrected chi connectivity index (χ1v) is 8.54. The fourth-order valence-electron chi connectivity index (χ4n) is 3.14. The molecule has 6 N–H and O–H groups in total. The van der Waals surface area contributed by atoms with E-state index in [9.17, 15) is 25.5 Å². The van der Waals surface area contributed by atoms with Crippen molar-refractivity contribution in [1.82, 2.24) is 19.5 Å². The number of nitrogens with zero attached hydrogens (tertiary/aromatic N) is 4. The van der Waals surface area contributed by atoms with E-state index in [2.05, 4.69) is 20.3 Å². The number of benzene rings is 1. The largest absolute Gasteiger partial charge is 0.504 e. The Kier molecular flexibility index (Phi) is 4.73. The Hall–Kier alpha value is -2.99. The number of aliphatic hydroxyl groups excluding tert-OH is 3. The normalized spacial score (nSPS) is 24.7. The number of nitrogens with one attached hydrogen (secondary N) is 1. The van der Waals surface area contributed by atoms with Crippen molar-refractivity contribution >= 4 is 17.0 Å². The van der Waals surface area contributed by atoms with Gasteiger partial charge in [0.05, 0.1) is 12.9 Å². The van der Waals surface area contributed by atoms with Crippen molar-refractivity contribution < 1.29 is 30.3 Å². The molecule has 0 saturated carbocycles. The van der Waals surface area contributed by atoms with Crippen molar-refractivity contribution in [2.45, 2.75) is 31.1 Å². The fourth-order valence-corrected chi connectivity index (χ4v) is 3.14. The van der Waals surface area contributed by atoms with Gasteiger partial charge in [0.25, 0.3) is 0 Å². The summed E-state index contributed by atoms with van der Waals surface area (Å²) in [5.74, 6) is -0.00533. The van der Waals surface area contributed by atoms with Gasteiger partial charge in [-0.15, -0.1) is 0 Å². The third kappa shape index (κ3) is 3.10. The Labute approximate surface area is 158 Å². The molecular formula is C17H19N5O6. The summed E-state index contributed by atoms with van der Waals surface area (Å²) in [6, 6.07) is 4.47. The van der Waals surface area contributed by atoms with Crippen LogP contribution in [0.25, 0.3) is 11.2 Å². The SMILES string of the molecule is OC[C@H]1O[C@@H](n2cnc3c(NCc4ccc(O)c(O)c4)ncnc32)[C@@H](O)C1O.